The van der Waals surface area contributed by atoms with Gasteiger partial charge < -0.3 is 9.47 Å². The molecule has 1 aliphatic heterocycles. The maximum Gasteiger partial charge on any atom is 0.462 e. The molecule has 10 heteroatoms. The van der Waals surface area contributed by atoms with Crippen molar-refractivity contribution in [2.45, 2.75) is 52.0 Å². The molecule has 0 spiro atoms. The largest absolute Gasteiger partial charge is 0.462 e. The predicted molar refractivity (Wildman–Crippen MR) is 112 cm³/mol. The van der Waals surface area contributed by atoms with Crippen LogP contribution in [0.15, 0.2) is 36.2 Å². The molecule has 0 radical (unpaired) electrons. The van der Waals surface area contributed by atoms with E-state index in [4.69, 9.17) is 9.47 Å². The fraction of sp³-hybridized carbons (Fsp3) is 0.417. The Morgan fingerprint density at radius 3 is 2.35 bits per heavy atom. The van der Waals surface area contributed by atoms with Crippen LogP contribution in [0.5, 0.6) is 5.75 Å². The maximum atomic E-state index is 14.6. The average Bonchev–Trinajstić information content (AvgIpc) is 2.77. The highest BCUT2D eigenvalue weighted by Gasteiger charge is 2.39. The number of halogens is 6. The number of hydrogen-bond donors (Lipinski definition) is 0. The Morgan fingerprint density at radius 1 is 1.12 bits per heavy atom. The molecule has 2 atom stereocenters. The Hall–Kier alpha value is -3.06. The Balaban J connectivity index is 1.74. The molecule has 0 bridgehead atoms. The SMILES string of the molecule is C/C(C#CC(F)(F)F)=C(/F)c1ccc(OC(F)(F)c2ncc(C3CCC(C)CO3)cn2)cc1C. The molecule has 1 saturated heterocycles. The van der Waals surface area contributed by atoms with E-state index >= 15 is 0 Å². The van der Waals surface area contributed by atoms with Crippen LogP contribution in [-0.4, -0.2) is 22.8 Å². The number of aromatic nitrogens is 2. The summed E-state index contributed by atoms with van der Waals surface area (Å²) in [5.74, 6) is 0.980. The van der Waals surface area contributed by atoms with E-state index in [1.165, 1.54) is 19.3 Å². The van der Waals surface area contributed by atoms with E-state index in [0.29, 0.717) is 18.1 Å². The number of nitrogens with zero attached hydrogens (tertiary/aromatic N) is 2. The minimum absolute atomic E-state index is 0.0907. The van der Waals surface area contributed by atoms with Crippen molar-refractivity contribution in [2.24, 2.45) is 5.92 Å². The summed E-state index contributed by atoms with van der Waals surface area (Å²) >= 11 is 0. The summed E-state index contributed by atoms with van der Waals surface area (Å²) in [5.41, 5.74) is 0.230. The first kappa shape index (κ1) is 25.6. The number of allylic oxidation sites excluding steroid dienone is 1. The van der Waals surface area contributed by atoms with Crippen molar-refractivity contribution in [1.82, 2.24) is 9.97 Å². The fourth-order valence-electron chi connectivity index (χ4n) is 3.36. The molecule has 34 heavy (non-hydrogen) atoms. The highest BCUT2D eigenvalue weighted by atomic mass is 19.4. The van der Waals surface area contributed by atoms with Crippen LogP contribution < -0.4 is 4.74 Å². The molecular formula is C24H22F6N2O2. The molecule has 1 aliphatic rings. The van der Waals surface area contributed by atoms with Crippen LogP contribution >= 0.6 is 0 Å². The van der Waals surface area contributed by atoms with E-state index < -0.39 is 29.5 Å². The van der Waals surface area contributed by atoms with Crippen molar-refractivity contribution in [2.75, 3.05) is 6.61 Å². The maximum absolute atomic E-state index is 14.6. The van der Waals surface area contributed by atoms with Gasteiger partial charge in [-0.15, -0.1) is 0 Å². The Kier molecular flexibility index (Phi) is 7.56. The van der Waals surface area contributed by atoms with Gasteiger partial charge in [-0.25, -0.2) is 14.4 Å². The van der Waals surface area contributed by atoms with Crippen LogP contribution in [0.1, 0.15) is 55.3 Å². The average molecular weight is 484 g/mol. The summed E-state index contributed by atoms with van der Waals surface area (Å²) < 4.78 is 90.8. The first-order chi connectivity index (χ1) is 15.9. The molecule has 2 heterocycles. The fourth-order valence-corrected chi connectivity index (χ4v) is 3.36. The molecule has 0 saturated carbocycles. The van der Waals surface area contributed by atoms with Crippen LogP contribution in [0.4, 0.5) is 26.3 Å². The Labute approximate surface area is 193 Å². The molecule has 4 nitrogen and oxygen atoms in total. The molecule has 1 aromatic heterocycles. The van der Waals surface area contributed by atoms with E-state index in [1.807, 2.05) is 0 Å². The minimum atomic E-state index is -4.76. The number of alkyl halides is 5. The highest BCUT2D eigenvalue weighted by molar-refractivity contribution is 5.69. The van der Waals surface area contributed by atoms with Gasteiger partial charge in [0, 0.05) is 41.6 Å². The molecule has 1 fully saturated rings. The van der Waals surface area contributed by atoms with Gasteiger partial charge in [-0.2, -0.15) is 22.0 Å². The van der Waals surface area contributed by atoms with Crippen molar-refractivity contribution in [3.8, 4) is 17.6 Å². The van der Waals surface area contributed by atoms with Crippen LogP contribution in [0.25, 0.3) is 5.83 Å². The van der Waals surface area contributed by atoms with E-state index in [2.05, 4.69) is 16.9 Å². The molecule has 1 aromatic carbocycles. The van der Waals surface area contributed by atoms with Crippen molar-refractivity contribution in [3.05, 3.63) is 58.7 Å². The normalized spacial score (nSPS) is 19.7. The molecule has 0 aliphatic carbocycles. The molecule has 3 rings (SSSR count). The van der Waals surface area contributed by atoms with Gasteiger partial charge in [-0.1, -0.05) is 12.8 Å². The monoisotopic (exact) mass is 484 g/mol. The van der Waals surface area contributed by atoms with Gasteiger partial charge in [-0.3, -0.25) is 0 Å². The first-order valence-electron chi connectivity index (χ1n) is 10.4. The molecule has 0 N–H and O–H groups in total. The second-order valence-electron chi connectivity index (χ2n) is 8.13. The van der Waals surface area contributed by atoms with Crippen molar-refractivity contribution in [1.29, 1.82) is 0 Å². The number of benzene rings is 1. The van der Waals surface area contributed by atoms with Gasteiger partial charge in [0.25, 0.3) is 0 Å². The third-order valence-corrected chi connectivity index (χ3v) is 5.21. The predicted octanol–water partition coefficient (Wildman–Crippen LogP) is 6.67. The van der Waals surface area contributed by atoms with Gasteiger partial charge in [0.15, 0.2) is 0 Å². The zero-order valence-corrected chi connectivity index (χ0v) is 18.6. The first-order valence-corrected chi connectivity index (χ1v) is 10.4. The zero-order chi connectivity index (χ0) is 25.1. The lowest BCUT2D eigenvalue weighted by Crippen LogP contribution is -2.25. The van der Waals surface area contributed by atoms with Crippen LogP contribution in [0.2, 0.25) is 0 Å². The van der Waals surface area contributed by atoms with Crippen LogP contribution in [0, 0.1) is 24.7 Å². The summed E-state index contributed by atoms with van der Waals surface area (Å²) in [6.07, 6.45) is -4.64. The summed E-state index contributed by atoms with van der Waals surface area (Å²) in [5, 5.41) is 0. The van der Waals surface area contributed by atoms with E-state index in [9.17, 15) is 26.3 Å². The molecule has 182 valence electrons. The Bertz CT molecular complexity index is 1110. The van der Waals surface area contributed by atoms with Gasteiger partial charge in [0.1, 0.15) is 11.6 Å². The smallest absolute Gasteiger partial charge is 0.427 e. The second kappa shape index (κ2) is 10.1. The van der Waals surface area contributed by atoms with E-state index in [-0.39, 0.29) is 23.0 Å². The van der Waals surface area contributed by atoms with Crippen LogP contribution in [-0.2, 0) is 10.8 Å². The number of rotatable bonds is 5. The summed E-state index contributed by atoms with van der Waals surface area (Å²) in [4.78, 5) is 7.46. The van der Waals surface area contributed by atoms with Gasteiger partial charge in [-0.05, 0) is 56.4 Å². The topological polar surface area (TPSA) is 44.2 Å². The van der Waals surface area contributed by atoms with Crippen molar-refractivity contribution >= 4 is 5.83 Å². The molecule has 2 unspecified atom stereocenters. The standard InChI is InChI=1S/C24H22F6N2O2/c1-14-4-7-20(33-13-14)17-11-31-22(32-12-17)24(29,30)34-18-5-6-19(16(3)10-18)21(25)15(2)8-9-23(26,27)28/h5-6,10-12,14,20H,4,7,13H2,1-3H3/b21-15-. The van der Waals surface area contributed by atoms with E-state index in [1.54, 1.807) is 5.92 Å². The summed E-state index contributed by atoms with van der Waals surface area (Å²) in [6, 6.07) is 3.34. The van der Waals surface area contributed by atoms with E-state index in [0.717, 1.165) is 43.9 Å². The number of ether oxygens (including phenoxy) is 2. The van der Waals surface area contributed by atoms with Crippen molar-refractivity contribution < 1.29 is 35.8 Å². The lowest BCUT2D eigenvalue weighted by atomic mass is 9.97. The minimum Gasteiger partial charge on any atom is -0.427 e. The third-order valence-electron chi connectivity index (χ3n) is 5.21. The molecular weight excluding hydrogens is 462 g/mol. The highest BCUT2D eigenvalue weighted by Crippen LogP contribution is 2.34. The van der Waals surface area contributed by atoms with Crippen molar-refractivity contribution in [3.63, 3.8) is 0 Å². The quantitative estimate of drug-likeness (QED) is 0.351. The summed E-state index contributed by atoms with van der Waals surface area (Å²) in [7, 11) is 0. The lowest BCUT2D eigenvalue weighted by Gasteiger charge is -2.27. The third kappa shape index (κ3) is 6.50. The number of aryl methyl sites for hydroxylation is 1. The Morgan fingerprint density at radius 2 is 1.79 bits per heavy atom. The molecule has 0 amide bonds. The lowest BCUT2D eigenvalue weighted by molar-refractivity contribution is -0.192. The van der Waals surface area contributed by atoms with Gasteiger partial charge in [0.05, 0.1) is 6.10 Å². The molecule has 2 aromatic rings. The summed E-state index contributed by atoms with van der Waals surface area (Å²) in [6.45, 7) is 5.13. The van der Waals surface area contributed by atoms with Gasteiger partial charge >= 0.3 is 12.3 Å². The van der Waals surface area contributed by atoms with Gasteiger partial charge in [0.2, 0.25) is 5.82 Å². The number of hydrogen-bond acceptors (Lipinski definition) is 4. The zero-order valence-electron chi connectivity index (χ0n) is 18.6. The second-order valence-corrected chi connectivity index (χ2v) is 8.13. The van der Waals surface area contributed by atoms with Crippen LogP contribution in [0.3, 0.4) is 0 Å².